The zero-order chi connectivity index (χ0) is 21.6. The summed E-state index contributed by atoms with van der Waals surface area (Å²) in [6.45, 7) is 12.1. The van der Waals surface area contributed by atoms with Gasteiger partial charge < -0.3 is 9.47 Å². The number of unbranched alkanes of at least 4 members (excludes halogenated alkanes) is 9. The standard InChI is InChI=1S/C28H52O2/c1-6-8-10-11-12-13-14-15-16-18-22(17-9-7-2)29-25-21-23-24-19-20-28(5,26(23)30-25)27(24,3)4/h22-26H,6-21H2,1-5H3/t22-,23-,24+,25-,26-,28-/m0/s1. The van der Waals surface area contributed by atoms with Crippen LogP contribution in [0.1, 0.15) is 137 Å². The van der Waals surface area contributed by atoms with Crippen molar-refractivity contribution in [3.63, 3.8) is 0 Å². The molecule has 2 aliphatic carbocycles. The Hall–Kier alpha value is -0.0800. The zero-order valence-corrected chi connectivity index (χ0v) is 21.0. The summed E-state index contributed by atoms with van der Waals surface area (Å²) < 4.78 is 13.3. The number of rotatable bonds is 15. The van der Waals surface area contributed by atoms with Gasteiger partial charge in [0.05, 0.1) is 12.2 Å². The van der Waals surface area contributed by atoms with Gasteiger partial charge in [0.15, 0.2) is 6.29 Å². The molecule has 0 spiro atoms. The van der Waals surface area contributed by atoms with E-state index in [-0.39, 0.29) is 6.29 Å². The maximum atomic E-state index is 6.64. The minimum Gasteiger partial charge on any atom is -0.349 e. The number of hydrogen-bond acceptors (Lipinski definition) is 2. The Labute approximate surface area is 188 Å². The number of fused-ring (bicyclic) bond motifs is 5. The Bertz CT molecular complexity index is 501. The topological polar surface area (TPSA) is 18.5 Å². The van der Waals surface area contributed by atoms with Crippen molar-refractivity contribution in [1.82, 2.24) is 0 Å². The van der Waals surface area contributed by atoms with Gasteiger partial charge in [-0.1, -0.05) is 105 Å². The van der Waals surface area contributed by atoms with Gasteiger partial charge in [-0.2, -0.15) is 0 Å². The summed E-state index contributed by atoms with van der Waals surface area (Å²) in [5.41, 5.74) is 0.794. The highest BCUT2D eigenvalue weighted by Gasteiger charge is 2.69. The van der Waals surface area contributed by atoms with Crippen molar-refractivity contribution in [3.8, 4) is 0 Å². The normalized spacial score (nSPS) is 35.1. The van der Waals surface area contributed by atoms with Crippen molar-refractivity contribution in [2.24, 2.45) is 22.7 Å². The average Bonchev–Trinajstić information content (AvgIpc) is 3.28. The van der Waals surface area contributed by atoms with Crippen LogP contribution < -0.4 is 0 Å². The highest BCUT2D eigenvalue weighted by molar-refractivity contribution is 5.16. The SMILES string of the molecule is CCCCCCCCCCC[C@H](CCCC)O[C@@H]1C[C@H]2[C@H]3CC[C@@](C)([C@H]2O1)C3(C)C. The lowest BCUT2D eigenvalue weighted by atomic mass is 9.70. The smallest absolute Gasteiger partial charge is 0.158 e. The minimum atomic E-state index is 0.0662. The molecule has 6 atom stereocenters. The molecule has 2 bridgehead atoms. The lowest BCUT2D eigenvalue weighted by Gasteiger charge is -2.39. The van der Waals surface area contributed by atoms with Gasteiger partial charge in [-0.05, 0) is 48.3 Å². The summed E-state index contributed by atoms with van der Waals surface area (Å²) in [4.78, 5) is 0. The van der Waals surface area contributed by atoms with Gasteiger partial charge >= 0.3 is 0 Å². The molecule has 0 aromatic heterocycles. The van der Waals surface area contributed by atoms with Crippen LogP contribution in [-0.4, -0.2) is 18.5 Å². The van der Waals surface area contributed by atoms with Gasteiger partial charge in [0.2, 0.25) is 0 Å². The Kier molecular flexibility index (Phi) is 9.15. The number of hydrogen-bond donors (Lipinski definition) is 0. The van der Waals surface area contributed by atoms with Crippen molar-refractivity contribution < 1.29 is 9.47 Å². The second-order valence-corrected chi connectivity index (χ2v) is 11.7. The summed E-state index contributed by atoms with van der Waals surface area (Å²) in [6, 6.07) is 0. The van der Waals surface area contributed by atoms with Crippen LogP contribution in [0, 0.1) is 22.7 Å². The maximum absolute atomic E-state index is 6.64. The first-order valence-electron chi connectivity index (χ1n) is 13.7. The van der Waals surface area contributed by atoms with Crippen LogP contribution in [0.3, 0.4) is 0 Å². The molecule has 3 aliphatic rings. The predicted octanol–water partition coefficient (Wildman–Crippen LogP) is 8.67. The molecule has 0 unspecified atom stereocenters. The quantitative estimate of drug-likeness (QED) is 0.247. The fourth-order valence-electron chi connectivity index (χ4n) is 7.18. The fourth-order valence-corrected chi connectivity index (χ4v) is 7.18. The number of ether oxygens (including phenoxy) is 2. The maximum Gasteiger partial charge on any atom is 0.158 e. The molecular weight excluding hydrogens is 368 g/mol. The molecule has 0 N–H and O–H groups in total. The fraction of sp³-hybridized carbons (Fsp3) is 1.00. The third kappa shape index (κ3) is 5.28. The largest absolute Gasteiger partial charge is 0.349 e. The highest BCUT2D eigenvalue weighted by atomic mass is 16.7. The Balaban J connectivity index is 1.38. The second kappa shape index (κ2) is 11.2. The second-order valence-electron chi connectivity index (χ2n) is 11.7. The van der Waals surface area contributed by atoms with Gasteiger partial charge in [-0.3, -0.25) is 0 Å². The minimum absolute atomic E-state index is 0.0662. The van der Waals surface area contributed by atoms with Gasteiger partial charge in [-0.15, -0.1) is 0 Å². The third-order valence-corrected chi connectivity index (χ3v) is 9.52. The Morgan fingerprint density at radius 3 is 2.07 bits per heavy atom. The van der Waals surface area contributed by atoms with Crippen LogP contribution in [0.4, 0.5) is 0 Å². The molecule has 1 heterocycles. The van der Waals surface area contributed by atoms with E-state index in [1.807, 2.05) is 0 Å². The molecule has 0 radical (unpaired) electrons. The predicted molar refractivity (Wildman–Crippen MR) is 128 cm³/mol. The summed E-state index contributed by atoms with van der Waals surface area (Å²) in [5, 5.41) is 0. The first kappa shape index (κ1) is 24.6. The van der Waals surface area contributed by atoms with E-state index < -0.39 is 0 Å². The molecule has 2 saturated carbocycles. The highest BCUT2D eigenvalue weighted by Crippen LogP contribution is 2.71. The summed E-state index contributed by atoms with van der Waals surface area (Å²) in [5.74, 6) is 1.58. The van der Waals surface area contributed by atoms with Crippen LogP contribution in [0.5, 0.6) is 0 Å². The van der Waals surface area contributed by atoms with Crippen molar-refractivity contribution in [3.05, 3.63) is 0 Å². The molecule has 3 fully saturated rings. The van der Waals surface area contributed by atoms with E-state index in [1.165, 1.54) is 96.3 Å². The van der Waals surface area contributed by atoms with E-state index in [1.54, 1.807) is 0 Å². The Morgan fingerprint density at radius 1 is 0.833 bits per heavy atom. The Morgan fingerprint density at radius 2 is 1.43 bits per heavy atom. The van der Waals surface area contributed by atoms with Crippen LogP contribution in [0.15, 0.2) is 0 Å². The summed E-state index contributed by atoms with van der Waals surface area (Å²) in [6.07, 6.45) is 22.4. The van der Waals surface area contributed by atoms with Gasteiger partial charge in [0.1, 0.15) is 0 Å². The third-order valence-electron chi connectivity index (χ3n) is 9.52. The first-order valence-corrected chi connectivity index (χ1v) is 13.7. The average molecular weight is 421 g/mol. The van der Waals surface area contributed by atoms with Gasteiger partial charge in [-0.25, -0.2) is 0 Å². The molecule has 0 aromatic carbocycles. The van der Waals surface area contributed by atoms with Crippen molar-refractivity contribution >= 4 is 0 Å². The monoisotopic (exact) mass is 420 g/mol. The summed E-state index contributed by atoms with van der Waals surface area (Å²) in [7, 11) is 0. The van der Waals surface area contributed by atoms with E-state index in [4.69, 9.17) is 9.47 Å². The van der Waals surface area contributed by atoms with Crippen molar-refractivity contribution in [1.29, 1.82) is 0 Å². The molecule has 30 heavy (non-hydrogen) atoms. The molecule has 2 heteroatoms. The summed E-state index contributed by atoms with van der Waals surface area (Å²) >= 11 is 0. The molecule has 1 saturated heterocycles. The molecular formula is C28H52O2. The van der Waals surface area contributed by atoms with E-state index in [9.17, 15) is 0 Å². The van der Waals surface area contributed by atoms with E-state index >= 15 is 0 Å². The molecule has 3 rings (SSSR count). The molecule has 176 valence electrons. The molecule has 0 amide bonds. The van der Waals surface area contributed by atoms with E-state index in [0.717, 1.165) is 18.3 Å². The van der Waals surface area contributed by atoms with Crippen molar-refractivity contribution in [2.45, 2.75) is 156 Å². The van der Waals surface area contributed by atoms with E-state index in [0.29, 0.717) is 23.0 Å². The zero-order valence-electron chi connectivity index (χ0n) is 21.0. The molecule has 0 aromatic rings. The molecule has 1 aliphatic heterocycles. The lowest BCUT2D eigenvalue weighted by molar-refractivity contribution is -0.188. The lowest BCUT2D eigenvalue weighted by Crippen LogP contribution is -2.38. The van der Waals surface area contributed by atoms with E-state index in [2.05, 4.69) is 34.6 Å². The van der Waals surface area contributed by atoms with Crippen LogP contribution in [0.2, 0.25) is 0 Å². The van der Waals surface area contributed by atoms with Crippen molar-refractivity contribution in [2.75, 3.05) is 0 Å². The van der Waals surface area contributed by atoms with Crippen LogP contribution in [0.25, 0.3) is 0 Å². The van der Waals surface area contributed by atoms with Gasteiger partial charge in [0, 0.05) is 6.42 Å². The van der Waals surface area contributed by atoms with Gasteiger partial charge in [0.25, 0.3) is 0 Å². The molecule has 2 nitrogen and oxygen atoms in total. The van der Waals surface area contributed by atoms with Crippen LogP contribution in [-0.2, 0) is 9.47 Å². The first-order chi connectivity index (χ1) is 14.4. The van der Waals surface area contributed by atoms with Crippen LogP contribution >= 0.6 is 0 Å².